The van der Waals surface area contributed by atoms with Crippen molar-refractivity contribution in [3.05, 3.63) is 77.6 Å². The first kappa shape index (κ1) is 16.5. The van der Waals surface area contributed by atoms with Gasteiger partial charge in [0.25, 0.3) is 0 Å². The van der Waals surface area contributed by atoms with Crippen LogP contribution < -0.4 is 10.1 Å². The van der Waals surface area contributed by atoms with E-state index in [1.807, 2.05) is 25.1 Å². The summed E-state index contributed by atoms with van der Waals surface area (Å²) in [6, 6.07) is 19.2. The van der Waals surface area contributed by atoms with Crippen LogP contribution in [0.2, 0.25) is 0 Å². The molecule has 0 saturated carbocycles. The van der Waals surface area contributed by atoms with Crippen molar-refractivity contribution in [2.45, 2.75) is 19.9 Å². The van der Waals surface area contributed by atoms with Crippen molar-refractivity contribution in [1.82, 2.24) is 5.32 Å². The monoisotopic (exact) mass is 323 g/mol. The number of hydrogen-bond donors (Lipinski definition) is 1. The van der Waals surface area contributed by atoms with E-state index >= 15 is 0 Å². The molecule has 1 N–H and O–H groups in total. The molecule has 0 heterocycles. The van der Waals surface area contributed by atoms with Gasteiger partial charge in [-0.15, -0.1) is 0 Å². The van der Waals surface area contributed by atoms with Crippen LogP contribution in [0.1, 0.15) is 18.1 Å². The Hall–Kier alpha value is -2.39. The Balaban J connectivity index is 1.69. The third kappa shape index (κ3) is 3.92. The first-order chi connectivity index (χ1) is 11.8. The molecule has 0 unspecified atom stereocenters. The summed E-state index contributed by atoms with van der Waals surface area (Å²) in [6.07, 6.45) is 0.870. The Morgan fingerprint density at radius 3 is 2.54 bits per heavy atom. The quantitative estimate of drug-likeness (QED) is 0.636. The lowest BCUT2D eigenvalue weighted by molar-refractivity contribution is 0.336. The molecule has 3 aromatic rings. The smallest absolute Gasteiger partial charge is 0.124 e. The van der Waals surface area contributed by atoms with Crippen LogP contribution in [-0.4, -0.2) is 13.2 Å². The van der Waals surface area contributed by atoms with E-state index in [-0.39, 0.29) is 5.82 Å². The maximum Gasteiger partial charge on any atom is 0.124 e. The van der Waals surface area contributed by atoms with Gasteiger partial charge in [0.1, 0.15) is 11.6 Å². The summed E-state index contributed by atoms with van der Waals surface area (Å²) >= 11 is 0. The van der Waals surface area contributed by atoms with Gasteiger partial charge in [-0.05, 0) is 54.4 Å². The molecule has 0 aromatic heterocycles. The zero-order valence-electron chi connectivity index (χ0n) is 13.9. The molecule has 124 valence electrons. The molecule has 0 fully saturated rings. The lowest BCUT2D eigenvalue weighted by atomic mass is 10.0. The highest BCUT2D eigenvalue weighted by atomic mass is 19.1. The lowest BCUT2D eigenvalue weighted by Crippen LogP contribution is -2.17. The van der Waals surface area contributed by atoms with Crippen LogP contribution in [0.3, 0.4) is 0 Å². The molecule has 0 bridgehead atoms. The van der Waals surface area contributed by atoms with Gasteiger partial charge in [-0.2, -0.15) is 0 Å². The van der Waals surface area contributed by atoms with E-state index in [4.69, 9.17) is 4.74 Å². The second-order valence-electron chi connectivity index (χ2n) is 5.75. The fourth-order valence-corrected chi connectivity index (χ4v) is 2.89. The number of fused-ring (bicyclic) bond motifs is 1. The fraction of sp³-hybridized carbons (Fsp3) is 0.238. The van der Waals surface area contributed by atoms with Crippen LogP contribution in [-0.2, 0) is 13.0 Å². The minimum atomic E-state index is -0.191. The number of benzene rings is 3. The van der Waals surface area contributed by atoms with E-state index < -0.39 is 0 Å². The molecule has 24 heavy (non-hydrogen) atoms. The molecule has 3 rings (SSSR count). The summed E-state index contributed by atoms with van der Waals surface area (Å²) in [5, 5.41) is 5.92. The minimum absolute atomic E-state index is 0.191. The van der Waals surface area contributed by atoms with Crippen LogP contribution in [0, 0.1) is 5.82 Å². The van der Waals surface area contributed by atoms with Gasteiger partial charge < -0.3 is 10.1 Å². The molecule has 0 atom stereocenters. The van der Waals surface area contributed by atoms with Gasteiger partial charge in [-0.3, -0.25) is 0 Å². The standard InChI is InChI=1S/C21H22FNO/c1-2-24-21-12-9-17-5-3-4-6-19(17)20(21)15-23-14-13-16-7-10-18(22)11-8-16/h3-12,23H,2,13-15H2,1H3. The van der Waals surface area contributed by atoms with Crippen LogP contribution in [0.5, 0.6) is 5.75 Å². The van der Waals surface area contributed by atoms with Crippen LogP contribution in [0.15, 0.2) is 60.7 Å². The largest absolute Gasteiger partial charge is 0.494 e. The highest BCUT2D eigenvalue weighted by molar-refractivity contribution is 5.87. The van der Waals surface area contributed by atoms with E-state index in [1.54, 1.807) is 0 Å². The lowest BCUT2D eigenvalue weighted by Gasteiger charge is -2.14. The molecule has 0 radical (unpaired) electrons. The van der Waals surface area contributed by atoms with Crippen molar-refractivity contribution in [2.75, 3.05) is 13.2 Å². The van der Waals surface area contributed by atoms with Crippen LogP contribution in [0.4, 0.5) is 4.39 Å². The SMILES string of the molecule is CCOc1ccc2ccccc2c1CNCCc1ccc(F)cc1. The summed E-state index contributed by atoms with van der Waals surface area (Å²) in [5.41, 5.74) is 2.32. The summed E-state index contributed by atoms with van der Waals surface area (Å²) in [6.45, 7) is 4.24. The Kier molecular flexibility index (Phi) is 5.44. The maximum absolute atomic E-state index is 12.9. The van der Waals surface area contributed by atoms with E-state index in [9.17, 15) is 4.39 Å². The molecule has 3 heteroatoms. The number of halogens is 1. The van der Waals surface area contributed by atoms with Crippen molar-refractivity contribution >= 4 is 10.8 Å². The highest BCUT2D eigenvalue weighted by Gasteiger charge is 2.08. The Bertz CT molecular complexity index is 799. The van der Waals surface area contributed by atoms with Gasteiger partial charge in [0.05, 0.1) is 6.61 Å². The van der Waals surface area contributed by atoms with Crippen molar-refractivity contribution in [3.63, 3.8) is 0 Å². The van der Waals surface area contributed by atoms with Gasteiger partial charge in [-0.25, -0.2) is 4.39 Å². The molecule has 2 nitrogen and oxygen atoms in total. The van der Waals surface area contributed by atoms with Crippen molar-refractivity contribution in [2.24, 2.45) is 0 Å². The topological polar surface area (TPSA) is 21.3 Å². The van der Waals surface area contributed by atoms with Gasteiger partial charge in [0.15, 0.2) is 0 Å². The van der Waals surface area contributed by atoms with Crippen LogP contribution >= 0.6 is 0 Å². The van der Waals surface area contributed by atoms with Crippen LogP contribution in [0.25, 0.3) is 10.8 Å². The first-order valence-electron chi connectivity index (χ1n) is 8.36. The summed E-state index contributed by atoms with van der Waals surface area (Å²) in [7, 11) is 0. The summed E-state index contributed by atoms with van der Waals surface area (Å²) in [4.78, 5) is 0. The molecule has 0 saturated heterocycles. The van der Waals surface area contributed by atoms with Crippen molar-refractivity contribution in [1.29, 1.82) is 0 Å². The second-order valence-corrected chi connectivity index (χ2v) is 5.75. The van der Waals surface area contributed by atoms with Gasteiger partial charge in [0, 0.05) is 12.1 Å². The summed E-state index contributed by atoms with van der Waals surface area (Å²) < 4.78 is 18.7. The Labute approximate surface area is 142 Å². The molecular weight excluding hydrogens is 301 g/mol. The third-order valence-electron chi connectivity index (χ3n) is 4.10. The Morgan fingerprint density at radius 1 is 0.958 bits per heavy atom. The van der Waals surface area contributed by atoms with E-state index in [0.29, 0.717) is 6.61 Å². The number of hydrogen-bond acceptors (Lipinski definition) is 2. The van der Waals surface area contributed by atoms with E-state index in [0.717, 1.165) is 30.8 Å². The number of nitrogens with one attached hydrogen (secondary N) is 1. The average Bonchev–Trinajstić information content (AvgIpc) is 2.61. The number of ether oxygens (including phenoxy) is 1. The summed E-state index contributed by atoms with van der Waals surface area (Å²) in [5.74, 6) is 0.745. The Morgan fingerprint density at radius 2 is 1.75 bits per heavy atom. The molecule has 0 aliphatic heterocycles. The highest BCUT2D eigenvalue weighted by Crippen LogP contribution is 2.28. The minimum Gasteiger partial charge on any atom is -0.494 e. The average molecular weight is 323 g/mol. The normalized spacial score (nSPS) is 10.9. The fourth-order valence-electron chi connectivity index (χ4n) is 2.89. The molecular formula is C21H22FNO. The third-order valence-corrected chi connectivity index (χ3v) is 4.10. The maximum atomic E-state index is 12.9. The molecule has 0 amide bonds. The predicted molar refractivity (Wildman–Crippen MR) is 96.9 cm³/mol. The zero-order chi connectivity index (χ0) is 16.8. The molecule has 3 aromatic carbocycles. The second kappa shape index (κ2) is 7.93. The number of rotatable bonds is 7. The van der Waals surface area contributed by atoms with Crippen molar-refractivity contribution < 1.29 is 9.13 Å². The zero-order valence-corrected chi connectivity index (χ0v) is 13.9. The van der Waals surface area contributed by atoms with Gasteiger partial charge >= 0.3 is 0 Å². The first-order valence-corrected chi connectivity index (χ1v) is 8.36. The molecule has 0 spiro atoms. The predicted octanol–water partition coefficient (Wildman–Crippen LogP) is 4.71. The molecule has 0 aliphatic rings. The van der Waals surface area contributed by atoms with Crippen molar-refractivity contribution in [3.8, 4) is 5.75 Å². The van der Waals surface area contributed by atoms with Gasteiger partial charge in [0.2, 0.25) is 0 Å². The van der Waals surface area contributed by atoms with E-state index in [2.05, 4.69) is 35.6 Å². The van der Waals surface area contributed by atoms with Gasteiger partial charge in [-0.1, -0.05) is 42.5 Å². The van der Waals surface area contributed by atoms with E-state index in [1.165, 1.54) is 28.5 Å². The molecule has 0 aliphatic carbocycles.